The van der Waals surface area contributed by atoms with Gasteiger partial charge < -0.3 is 5.32 Å². The van der Waals surface area contributed by atoms with Crippen molar-refractivity contribution in [1.29, 1.82) is 0 Å². The van der Waals surface area contributed by atoms with Gasteiger partial charge >= 0.3 is 0 Å². The molecule has 4 nitrogen and oxygen atoms in total. The van der Waals surface area contributed by atoms with Crippen LogP contribution in [0.15, 0.2) is 60.8 Å². The number of nitrogens with zero attached hydrogens (tertiary/aromatic N) is 2. The standard InChI is InChI=1S/C19H19N3O/c1-3-22-13-18(14(2)21-22)19(23)20-17-11-9-16(10-12-17)15-7-5-4-6-8-15/h4-13H,3H2,1-2H3,(H,20,23). The number of benzene rings is 2. The van der Waals surface area contributed by atoms with E-state index in [2.05, 4.69) is 22.5 Å². The number of anilines is 1. The number of nitrogens with one attached hydrogen (secondary N) is 1. The SMILES string of the molecule is CCn1cc(C(=O)Nc2ccc(-c3ccccc3)cc2)c(C)n1. The summed E-state index contributed by atoms with van der Waals surface area (Å²) in [5.41, 5.74) is 4.41. The van der Waals surface area contributed by atoms with E-state index in [4.69, 9.17) is 0 Å². The zero-order chi connectivity index (χ0) is 16.2. The highest BCUT2D eigenvalue weighted by Gasteiger charge is 2.13. The summed E-state index contributed by atoms with van der Waals surface area (Å²) in [6.07, 6.45) is 1.78. The lowest BCUT2D eigenvalue weighted by molar-refractivity contribution is 0.102. The highest BCUT2D eigenvalue weighted by Crippen LogP contribution is 2.21. The van der Waals surface area contributed by atoms with Crippen molar-refractivity contribution in [2.24, 2.45) is 0 Å². The van der Waals surface area contributed by atoms with E-state index in [0.717, 1.165) is 29.1 Å². The number of hydrogen-bond acceptors (Lipinski definition) is 2. The Bertz CT molecular complexity index is 804. The summed E-state index contributed by atoms with van der Waals surface area (Å²) in [7, 11) is 0. The van der Waals surface area contributed by atoms with Crippen LogP contribution in [-0.2, 0) is 6.54 Å². The average molecular weight is 305 g/mol. The highest BCUT2D eigenvalue weighted by atomic mass is 16.1. The van der Waals surface area contributed by atoms with E-state index in [1.165, 1.54) is 0 Å². The highest BCUT2D eigenvalue weighted by molar-refractivity contribution is 6.04. The summed E-state index contributed by atoms with van der Waals surface area (Å²) in [4.78, 5) is 12.4. The Hall–Kier alpha value is -2.88. The van der Waals surface area contributed by atoms with Gasteiger partial charge in [0, 0.05) is 18.4 Å². The number of carbonyl (C=O) groups excluding carboxylic acids is 1. The van der Waals surface area contributed by atoms with E-state index in [1.807, 2.05) is 56.3 Å². The smallest absolute Gasteiger partial charge is 0.259 e. The molecule has 4 heteroatoms. The van der Waals surface area contributed by atoms with Crippen molar-refractivity contribution in [3.05, 3.63) is 72.1 Å². The van der Waals surface area contributed by atoms with Gasteiger partial charge in [0.25, 0.3) is 5.91 Å². The first-order valence-corrected chi connectivity index (χ1v) is 7.68. The van der Waals surface area contributed by atoms with Crippen LogP contribution in [0.25, 0.3) is 11.1 Å². The van der Waals surface area contributed by atoms with Crippen molar-refractivity contribution in [3.8, 4) is 11.1 Å². The van der Waals surface area contributed by atoms with Gasteiger partial charge in [-0.2, -0.15) is 5.10 Å². The first-order chi connectivity index (χ1) is 11.2. The first-order valence-electron chi connectivity index (χ1n) is 7.68. The van der Waals surface area contributed by atoms with E-state index >= 15 is 0 Å². The van der Waals surface area contributed by atoms with E-state index in [0.29, 0.717) is 5.56 Å². The third-order valence-electron chi connectivity index (χ3n) is 3.76. The van der Waals surface area contributed by atoms with Crippen molar-refractivity contribution < 1.29 is 4.79 Å². The summed E-state index contributed by atoms with van der Waals surface area (Å²) < 4.78 is 1.77. The van der Waals surface area contributed by atoms with E-state index < -0.39 is 0 Å². The Morgan fingerprint density at radius 1 is 1.04 bits per heavy atom. The summed E-state index contributed by atoms with van der Waals surface area (Å²) in [6, 6.07) is 18.0. The predicted octanol–water partition coefficient (Wildman–Crippen LogP) is 4.13. The second-order valence-electron chi connectivity index (χ2n) is 5.38. The molecule has 0 saturated carbocycles. The van der Waals surface area contributed by atoms with Gasteiger partial charge in [-0.05, 0) is 37.1 Å². The van der Waals surface area contributed by atoms with Crippen molar-refractivity contribution in [1.82, 2.24) is 9.78 Å². The van der Waals surface area contributed by atoms with Gasteiger partial charge in [0.2, 0.25) is 0 Å². The van der Waals surface area contributed by atoms with Crippen molar-refractivity contribution in [2.75, 3.05) is 5.32 Å². The van der Waals surface area contributed by atoms with Gasteiger partial charge in [-0.3, -0.25) is 9.48 Å². The Morgan fingerprint density at radius 3 is 2.30 bits per heavy atom. The minimum absolute atomic E-state index is 0.130. The van der Waals surface area contributed by atoms with E-state index in [-0.39, 0.29) is 5.91 Å². The number of carbonyl (C=O) groups is 1. The zero-order valence-electron chi connectivity index (χ0n) is 13.3. The van der Waals surface area contributed by atoms with Crippen molar-refractivity contribution >= 4 is 11.6 Å². The maximum absolute atomic E-state index is 12.4. The van der Waals surface area contributed by atoms with Gasteiger partial charge in [-0.15, -0.1) is 0 Å². The second kappa shape index (κ2) is 6.48. The number of amides is 1. The fourth-order valence-electron chi connectivity index (χ4n) is 2.48. The van der Waals surface area contributed by atoms with E-state index in [9.17, 15) is 4.79 Å². The quantitative estimate of drug-likeness (QED) is 0.787. The van der Waals surface area contributed by atoms with Crippen LogP contribution in [0.1, 0.15) is 23.0 Å². The van der Waals surface area contributed by atoms with Crippen LogP contribution in [0.3, 0.4) is 0 Å². The Kier molecular flexibility index (Phi) is 4.24. The topological polar surface area (TPSA) is 46.9 Å². The Labute approximate surface area is 135 Å². The van der Waals surface area contributed by atoms with Crippen LogP contribution in [0.4, 0.5) is 5.69 Å². The molecule has 0 aliphatic carbocycles. The largest absolute Gasteiger partial charge is 0.322 e. The van der Waals surface area contributed by atoms with Gasteiger partial charge in [0.1, 0.15) is 0 Å². The molecular weight excluding hydrogens is 286 g/mol. The molecule has 3 rings (SSSR count). The number of aryl methyl sites for hydroxylation is 2. The maximum atomic E-state index is 12.4. The summed E-state index contributed by atoms with van der Waals surface area (Å²) in [6.45, 7) is 4.59. The van der Waals surface area contributed by atoms with Crippen LogP contribution in [0, 0.1) is 6.92 Å². The van der Waals surface area contributed by atoms with Crippen LogP contribution >= 0.6 is 0 Å². The van der Waals surface area contributed by atoms with Crippen LogP contribution < -0.4 is 5.32 Å². The molecule has 1 amide bonds. The minimum Gasteiger partial charge on any atom is -0.322 e. The van der Waals surface area contributed by atoms with Gasteiger partial charge in [0.15, 0.2) is 0 Å². The second-order valence-corrected chi connectivity index (χ2v) is 5.38. The maximum Gasteiger partial charge on any atom is 0.259 e. The normalized spacial score (nSPS) is 10.5. The molecule has 1 N–H and O–H groups in total. The van der Waals surface area contributed by atoms with Crippen LogP contribution in [0.2, 0.25) is 0 Å². The molecule has 0 atom stereocenters. The lowest BCUT2D eigenvalue weighted by Crippen LogP contribution is -2.12. The predicted molar refractivity (Wildman–Crippen MR) is 92.5 cm³/mol. The molecule has 2 aromatic carbocycles. The third-order valence-corrected chi connectivity index (χ3v) is 3.76. The first kappa shape index (κ1) is 15.0. The summed E-state index contributed by atoms with van der Waals surface area (Å²) in [5.74, 6) is -0.130. The summed E-state index contributed by atoms with van der Waals surface area (Å²) >= 11 is 0. The van der Waals surface area contributed by atoms with Gasteiger partial charge in [0.05, 0.1) is 11.3 Å². The fraction of sp³-hybridized carbons (Fsp3) is 0.158. The molecule has 0 spiro atoms. The Morgan fingerprint density at radius 2 is 1.70 bits per heavy atom. The minimum atomic E-state index is -0.130. The van der Waals surface area contributed by atoms with Gasteiger partial charge in [-0.25, -0.2) is 0 Å². The monoisotopic (exact) mass is 305 g/mol. The van der Waals surface area contributed by atoms with Crippen LogP contribution in [-0.4, -0.2) is 15.7 Å². The number of aromatic nitrogens is 2. The molecule has 3 aromatic rings. The zero-order valence-corrected chi connectivity index (χ0v) is 13.3. The molecule has 1 aromatic heterocycles. The molecule has 0 aliphatic heterocycles. The molecular formula is C19H19N3O. The molecule has 0 saturated heterocycles. The molecule has 116 valence electrons. The molecule has 23 heavy (non-hydrogen) atoms. The summed E-state index contributed by atoms with van der Waals surface area (Å²) in [5, 5.41) is 7.22. The third kappa shape index (κ3) is 3.31. The van der Waals surface area contributed by atoms with E-state index in [1.54, 1.807) is 10.9 Å². The number of hydrogen-bond donors (Lipinski definition) is 1. The van der Waals surface area contributed by atoms with Crippen molar-refractivity contribution in [2.45, 2.75) is 20.4 Å². The number of rotatable bonds is 4. The molecule has 0 fully saturated rings. The molecule has 0 aliphatic rings. The lowest BCUT2D eigenvalue weighted by atomic mass is 10.1. The van der Waals surface area contributed by atoms with Crippen LogP contribution in [0.5, 0.6) is 0 Å². The van der Waals surface area contributed by atoms with Gasteiger partial charge in [-0.1, -0.05) is 42.5 Å². The fourth-order valence-corrected chi connectivity index (χ4v) is 2.48. The molecule has 0 bridgehead atoms. The Balaban J connectivity index is 1.75. The lowest BCUT2D eigenvalue weighted by Gasteiger charge is -2.06. The van der Waals surface area contributed by atoms with Crippen molar-refractivity contribution in [3.63, 3.8) is 0 Å². The molecule has 0 radical (unpaired) electrons. The molecule has 0 unspecified atom stereocenters. The molecule has 1 heterocycles. The average Bonchev–Trinajstić information content (AvgIpc) is 2.97.